The van der Waals surface area contributed by atoms with Gasteiger partial charge in [-0.05, 0) is 30.3 Å². The van der Waals surface area contributed by atoms with Gasteiger partial charge >= 0.3 is 0 Å². The average Bonchev–Trinajstić information content (AvgIpc) is 2.87. The van der Waals surface area contributed by atoms with E-state index in [0.29, 0.717) is 17.8 Å². The van der Waals surface area contributed by atoms with Crippen LogP contribution in [-0.2, 0) is 0 Å². The minimum atomic E-state index is 0.324. The topological polar surface area (TPSA) is 56.0 Å². The first-order valence-corrected chi connectivity index (χ1v) is 5.12. The lowest BCUT2D eigenvalue weighted by atomic mass is 10.1. The number of furan rings is 1. The zero-order chi connectivity index (χ0) is 11.7. The van der Waals surface area contributed by atoms with Crippen LogP contribution in [-0.4, -0.2) is 16.3 Å². The molecule has 0 saturated heterocycles. The van der Waals surface area contributed by atoms with E-state index in [0.717, 1.165) is 16.5 Å². The lowest BCUT2D eigenvalue weighted by Crippen LogP contribution is -1.81. The molecule has 0 aliphatic heterocycles. The number of aromatic nitrogens is 2. The van der Waals surface area contributed by atoms with E-state index in [9.17, 15) is 4.79 Å². The second kappa shape index (κ2) is 3.83. The molecule has 0 atom stereocenters. The Morgan fingerprint density at radius 2 is 2.12 bits per heavy atom. The van der Waals surface area contributed by atoms with Crippen LogP contribution in [0.1, 0.15) is 10.6 Å². The van der Waals surface area contributed by atoms with Crippen LogP contribution in [0.15, 0.2) is 47.3 Å². The molecule has 82 valence electrons. The second-order valence-corrected chi connectivity index (χ2v) is 3.62. The van der Waals surface area contributed by atoms with Gasteiger partial charge < -0.3 is 4.42 Å². The van der Waals surface area contributed by atoms with E-state index < -0.39 is 0 Å². The lowest BCUT2D eigenvalue weighted by molar-refractivity contribution is 0.110. The maximum Gasteiger partial charge on any atom is 0.185 e. The Bertz CT molecular complexity index is 688. The van der Waals surface area contributed by atoms with Gasteiger partial charge in [0.1, 0.15) is 12.1 Å². The normalized spacial score (nSPS) is 10.6. The van der Waals surface area contributed by atoms with Crippen molar-refractivity contribution in [2.75, 3.05) is 0 Å². The molecule has 0 radical (unpaired) electrons. The number of hydrogen-bond acceptors (Lipinski definition) is 4. The Morgan fingerprint density at radius 3 is 2.94 bits per heavy atom. The summed E-state index contributed by atoms with van der Waals surface area (Å²) in [5, 5.41) is 0.939. The number of carbonyl (C=O) groups excluding carboxylic acids is 1. The maximum atomic E-state index is 10.5. The summed E-state index contributed by atoms with van der Waals surface area (Å²) >= 11 is 0. The van der Waals surface area contributed by atoms with Crippen molar-refractivity contribution < 1.29 is 9.21 Å². The summed E-state index contributed by atoms with van der Waals surface area (Å²) < 4.78 is 5.36. The van der Waals surface area contributed by atoms with E-state index in [1.165, 1.54) is 6.33 Å². The number of aldehydes is 1. The molecule has 2 heterocycles. The van der Waals surface area contributed by atoms with E-state index in [1.54, 1.807) is 18.3 Å². The summed E-state index contributed by atoms with van der Waals surface area (Å²) in [4.78, 5) is 18.7. The third kappa shape index (κ3) is 1.69. The Labute approximate surface area is 96.9 Å². The van der Waals surface area contributed by atoms with Crippen molar-refractivity contribution in [2.45, 2.75) is 0 Å². The monoisotopic (exact) mass is 224 g/mol. The SMILES string of the molecule is O=Cc1ccc(-c2ccc3ncncc3c2)o1. The molecule has 3 aromatic rings. The highest BCUT2D eigenvalue weighted by Gasteiger charge is 2.05. The van der Waals surface area contributed by atoms with Crippen LogP contribution in [0.2, 0.25) is 0 Å². The zero-order valence-corrected chi connectivity index (χ0v) is 8.83. The first-order chi connectivity index (χ1) is 8.36. The molecule has 1 aromatic carbocycles. The minimum absolute atomic E-state index is 0.324. The van der Waals surface area contributed by atoms with Crippen molar-refractivity contribution >= 4 is 17.2 Å². The van der Waals surface area contributed by atoms with Gasteiger partial charge in [-0.2, -0.15) is 0 Å². The number of nitrogens with zero attached hydrogens (tertiary/aromatic N) is 2. The zero-order valence-electron chi connectivity index (χ0n) is 8.83. The lowest BCUT2D eigenvalue weighted by Gasteiger charge is -1.99. The van der Waals surface area contributed by atoms with Crippen LogP contribution in [0.25, 0.3) is 22.2 Å². The Balaban J connectivity index is 2.14. The molecule has 0 aliphatic carbocycles. The summed E-state index contributed by atoms with van der Waals surface area (Å²) in [6, 6.07) is 9.16. The van der Waals surface area contributed by atoms with Crippen LogP contribution in [0.4, 0.5) is 0 Å². The molecule has 0 bridgehead atoms. The Hall–Kier alpha value is -2.49. The molecule has 0 N–H and O–H groups in total. The van der Waals surface area contributed by atoms with E-state index >= 15 is 0 Å². The Kier molecular flexibility index (Phi) is 2.19. The van der Waals surface area contributed by atoms with Gasteiger partial charge in [0.05, 0.1) is 5.52 Å². The first-order valence-electron chi connectivity index (χ1n) is 5.12. The molecular weight excluding hydrogens is 216 g/mol. The van der Waals surface area contributed by atoms with Gasteiger partial charge in [-0.1, -0.05) is 0 Å². The van der Waals surface area contributed by atoms with E-state index in [4.69, 9.17) is 4.42 Å². The summed E-state index contributed by atoms with van der Waals surface area (Å²) in [5.41, 5.74) is 1.78. The number of carbonyl (C=O) groups is 1. The van der Waals surface area contributed by atoms with E-state index in [2.05, 4.69) is 9.97 Å². The van der Waals surface area contributed by atoms with Crippen molar-refractivity contribution in [1.29, 1.82) is 0 Å². The summed E-state index contributed by atoms with van der Waals surface area (Å²) in [6.07, 6.45) is 3.95. The summed E-state index contributed by atoms with van der Waals surface area (Å²) in [5.74, 6) is 0.988. The number of fused-ring (bicyclic) bond motifs is 1. The molecule has 0 saturated carbocycles. The largest absolute Gasteiger partial charge is 0.453 e. The van der Waals surface area contributed by atoms with Crippen molar-refractivity contribution in [1.82, 2.24) is 9.97 Å². The van der Waals surface area contributed by atoms with Crippen LogP contribution in [0.3, 0.4) is 0 Å². The van der Waals surface area contributed by atoms with Gasteiger partial charge in [0.2, 0.25) is 0 Å². The standard InChI is InChI=1S/C13H8N2O2/c16-7-11-2-4-13(17-11)9-1-3-12-10(5-9)6-14-8-15-12/h1-8H. The van der Waals surface area contributed by atoms with Crippen molar-refractivity contribution in [3.8, 4) is 11.3 Å². The highest BCUT2D eigenvalue weighted by molar-refractivity contribution is 5.83. The molecular formula is C13H8N2O2. The maximum absolute atomic E-state index is 10.5. The fraction of sp³-hybridized carbons (Fsp3) is 0. The van der Waals surface area contributed by atoms with Crippen LogP contribution >= 0.6 is 0 Å². The third-order valence-corrected chi connectivity index (χ3v) is 2.53. The van der Waals surface area contributed by atoms with Crippen molar-refractivity contribution in [2.24, 2.45) is 0 Å². The highest BCUT2D eigenvalue weighted by Crippen LogP contribution is 2.24. The minimum Gasteiger partial charge on any atom is -0.453 e. The van der Waals surface area contributed by atoms with E-state index in [1.807, 2.05) is 18.2 Å². The molecule has 0 amide bonds. The molecule has 0 spiro atoms. The summed E-state index contributed by atoms with van der Waals surface area (Å²) in [6.45, 7) is 0. The number of hydrogen-bond donors (Lipinski definition) is 0. The highest BCUT2D eigenvalue weighted by atomic mass is 16.3. The smallest absolute Gasteiger partial charge is 0.185 e. The average molecular weight is 224 g/mol. The second-order valence-electron chi connectivity index (χ2n) is 3.62. The Morgan fingerprint density at radius 1 is 1.18 bits per heavy atom. The molecule has 0 aliphatic rings. The third-order valence-electron chi connectivity index (χ3n) is 2.53. The molecule has 3 rings (SSSR count). The molecule has 4 nitrogen and oxygen atoms in total. The molecule has 17 heavy (non-hydrogen) atoms. The summed E-state index contributed by atoms with van der Waals surface area (Å²) in [7, 11) is 0. The van der Waals surface area contributed by atoms with Gasteiger partial charge in [-0.25, -0.2) is 9.97 Å². The van der Waals surface area contributed by atoms with Gasteiger partial charge in [0, 0.05) is 17.1 Å². The van der Waals surface area contributed by atoms with Gasteiger partial charge in [0.15, 0.2) is 12.0 Å². The van der Waals surface area contributed by atoms with Crippen LogP contribution in [0.5, 0.6) is 0 Å². The van der Waals surface area contributed by atoms with Gasteiger partial charge in [-0.3, -0.25) is 4.79 Å². The predicted octanol–water partition coefficient (Wildman–Crippen LogP) is 2.70. The molecule has 2 aromatic heterocycles. The van der Waals surface area contributed by atoms with Gasteiger partial charge in [-0.15, -0.1) is 0 Å². The first kappa shape index (κ1) is 9.72. The molecule has 0 unspecified atom stereocenters. The van der Waals surface area contributed by atoms with Crippen LogP contribution in [0, 0.1) is 0 Å². The number of benzene rings is 1. The van der Waals surface area contributed by atoms with Crippen molar-refractivity contribution in [3.05, 3.63) is 48.6 Å². The van der Waals surface area contributed by atoms with Crippen LogP contribution < -0.4 is 0 Å². The quantitative estimate of drug-likeness (QED) is 0.628. The van der Waals surface area contributed by atoms with Crippen molar-refractivity contribution in [3.63, 3.8) is 0 Å². The fourth-order valence-corrected chi connectivity index (χ4v) is 1.71. The molecule has 0 fully saturated rings. The molecule has 4 heteroatoms. The number of rotatable bonds is 2. The fourth-order valence-electron chi connectivity index (χ4n) is 1.71. The predicted molar refractivity (Wildman–Crippen MR) is 62.6 cm³/mol. The van der Waals surface area contributed by atoms with E-state index in [-0.39, 0.29) is 0 Å². The van der Waals surface area contributed by atoms with Gasteiger partial charge in [0.25, 0.3) is 0 Å².